The predicted molar refractivity (Wildman–Crippen MR) is 97.3 cm³/mol. The van der Waals surface area contributed by atoms with Gasteiger partial charge in [-0.15, -0.1) is 0 Å². The number of amides is 1. The van der Waals surface area contributed by atoms with Crippen LogP contribution in [0.5, 0.6) is 0 Å². The molecule has 1 atom stereocenters. The van der Waals surface area contributed by atoms with Crippen LogP contribution in [0.1, 0.15) is 51.0 Å². The first-order valence-electron chi connectivity index (χ1n) is 8.89. The Labute approximate surface area is 152 Å². The average Bonchev–Trinajstić information content (AvgIpc) is 3.04. The number of hydrogen-bond donors (Lipinski definition) is 3. The fourth-order valence-corrected chi connectivity index (χ4v) is 3.52. The maximum Gasteiger partial charge on any atom is 0.356 e. The quantitative estimate of drug-likeness (QED) is 0.731. The Kier molecular flexibility index (Phi) is 5.37. The summed E-state index contributed by atoms with van der Waals surface area (Å²) in [6.45, 7) is 3.29. The van der Waals surface area contributed by atoms with E-state index in [0.29, 0.717) is 25.1 Å². The fraction of sp³-hybridized carbons (Fsp3) is 0.421. The second kappa shape index (κ2) is 7.70. The molecule has 7 nitrogen and oxygen atoms in total. The molecule has 1 unspecified atom stereocenters. The van der Waals surface area contributed by atoms with Gasteiger partial charge in [-0.2, -0.15) is 5.10 Å². The minimum absolute atomic E-state index is 0.104. The largest absolute Gasteiger partial charge is 0.476 e. The standard InChI is InChI=1S/C19H24N4O3/c1-3-23-16-8-7-14(10-15(16)17(22-23)19(25)26)21-11-12-5-4-6-13(9-12)18(24)20-2/h4-6,9,14,21H,3,7-8,10-11H2,1-2H3,(H,20,24)(H,25,26). The fourth-order valence-electron chi connectivity index (χ4n) is 3.52. The third-order valence-corrected chi connectivity index (χ3v) is 4.86. The van der Waals surface area contributed by atoms with E-state index >= 15 is 0 Å². The van der Waals surface area contributed by atoms with Crippen molar-refractivity contribution < 1.29 is 14.7 Å². The molecule has 1 aliphatic carbocycles. The molecule has 0 radical (unpaired) electrons. The Balaban J connectivity index is 1.69. The second-order valence-corrected chi connectivity index (χ2v) is 6.49. The summed E-state index contributed by atoms with van der Waals surface area (Å²) in [5.41, 5.74) is 3.73. The minimum Gasteiger partial charge on any atom is -0.476 e. The van der Waals surface area contributed by atoms with E-state index in [9.17, 15) is 14.7 Å². The number of hydrogen-bond acceptors (Lipinski definition) is 4. The highest BCUT2D eigenvalue weighted by atomic mass is 16.4. The number of aromatic carboxylic acids is 1. The van der Waals surface area contributed by atoms with Gasteiger partial charge in [0.1, 0.15) is 0 Å². The van der Waals surface area contributed by atoms with Gasteiger partial charge in [-0.3, -0.25) is 9.48 Å². The molecule has 1 aromatic carbocycles. The van der Waals surface area contributed by atoms with Crippen molar-refractivity contribution >= 4 is 11.9 Å². The van der Waals surface area contributed by atoms with Crippen molar-refractivity contribution in [1.29, 1.82) is 0 Å². The summed E-state index contributed by atoms with van der Waals surface area (Å²) in [5.74, 6) is -1.07. The van der Waals surface area contributed by atoms with Crippen LogP contribution in [-0.4, -0.2) is 39.9 Å². The summed E-state index contributed by atoms with van der Waals surface area (Å²) in [7, 11) is 1.61. The van der Waals surface area contributed by atoms with Crippen LogP contribution in [0.15, 0.2) is 24.3 Å². The zero-order valence-corrected chi connectivity index (χ0v) is 15.1. The van der Waals surface area contributed by atoms with Crippen LogP contribution in [0.2, 0.25) is 0 Å². The average molecular weight is 356 g/mol. The smallest absolute Gasteiger partial charge is 0.356 e. The number of carboxylic acid groups (broad SMARTS) is 1. The normalized spacial score (nSPS) is 16.2. The van der Waals surface area contributed by atoms with Gasteiger partial charge >= 0.3 is 5.97 Å². The summed E-state index contributed by atoms with van der Waals surface area (Å²) >= 11 is 0. The van der Waals surface area contributed by atoms with E-state index < -0.39 is 5.97 Å². The van der Waals surface area contributed by atoms with Crippen molar-refractivity contribution in [3.63, 3.8) is 0 Å². The number of carboxylic acids is 1. The van der Waals surface area contributed by atoms with E-state index in [1.807, 2.05) is 29.8 Å². The Morgan fingerprint density at radius 3 is 2.88 bits per heavy atom. The Bertz CT molecular complexity index is 828. The van der Waals surface area contributed by atoms with Gasteiger partial charge in [0, 0.05) is 43.0 Å². The highest BCUT2D eigenvalue weighted by Crippen LogP contribution is 2.25. The molecule has 7 heteroatoms. The molecule has 0 spiro atoms. The van der Waals surface area contributed by atoms with Crippen LogP contribution in [-0.2, 0) is 25.9 Å². The third kappa shape index (κ3) is 3.62. The highest BCUT2D eigenvalue weighted by molar-refractivity contribution is 5.94. The lowest BCUT2D eigenvalue weighted by atomic mass is 9.91. The van der Waals surface area contributed by atoms with Gasteiger partial charge < -0.3 is 15.7 Å². The van der Waals surface area contributed by atoms with E-state index in [2.05, 4.69) is 15.7 Å². The van der Waals surface area contributed by atoms with Crippen molar-refractivity contribution in [2.75, 3.05) is 7.05 Å². The van der Waals surface area contributed by atoms with Crippen LogP contribution < -0.4 is 10.6 Å². The number of rotatable bonds is 6. The second-order valence-electron chi connectivity index (χ2n) is 6.49. The van der Waals surface area contributed by atoms with Gasteiger partial charge in [0.2, 0.25) is 0 Å². The van der Waals surface area contributed by atoms with Crippen molar-refractivity contribution in [3.8, 4) is 0 Å². The van der Waals surface area contributed by atoms with E-state index in [0.717, 1.165) is 29.7 Å². The predicted octanol–water partition coefficient (Wildman–Crippen LogP) is 1.61. The number of nitrogens with zero attached hydrogens (tertiary/aromatic N) is 2. The molecule has 0 aliphatic heterocycles. The number of nitrogens with one attached hydrogen (secondary N) is 2. The van der Waals surface area contributed by atoms with Crippen molar-refractivity contribution in [2.24, 2.45) is 0 Å². The molecule has 1 amide bonds. The maximum atomic E-state index is 11.7. The molecule has 0 bridgehead atoms. The van der Waals surface area contributed by atoms with Crippen molar-refractivity contribution in [2.45, 2.75) is 45.3 Å². The molecule has 138 valence electrons. The molecule has 3 rings (SSSR count). The molecule has 26 heavy (non-hydrogen) atoms. The molecule has 1 aromatic heterocycles. The van der Waals surface area contributed by atoms with Crippen LogP contribution in [0, 0.1) is 0 Å². The monoisotopic (exact) mass is 356 g/mol. The molecule has 1 aliphatic rings. The summed E-state index contributed by atoms with van der Waals surface area (Å²) in [6, 6.07) is 7.70. The van der Waals surface area contributed by atoms with Gasteiger partial charge in [0.05, 0.1) is 0 Å². The SMILES string of the molecule is CCn1nc(C(=O)O)c2c1CCC(NCc1cccc(C(=O)NC)c1)C2. The Morgan fingerprint density at radius 1 is 1.38 bits per heavy atom. The topological polar surface area (TPSA) is 96.2 Å². The van der Waals surface area contributed by atoms with Gasteiger partial charge in [0.25, 0.3) is 5.91 Å². The van der Waals surface area contributed by atoms with Crippen molar-refractivity contribution in [1.82, 2.24) is 20.4 Å². The maximum absolute atomic E-state index is 11.7. The number of aryl methyl sites for hydroxylation is 1. The van der Waals surface area contributed by atoms with Crippen LogP contribution in [0.4, 0.5) is 0 Å². The summed E-state index contributed by atoms with van der Waals surface area (Å²) in [5, 5.41) is 19.8. The zero-order chi connectivity index (χ0) is 18.7. The lowest BCUT2D eigenvalue weighted by Gasteiger charge is -2.24. The van der Waals surface area contributed by atoms with Crippen LogP contribution in [0.3, 0.4) is 0 Å². The van der Waals surface area contributed by atoms with Crippen LogP contribution >= 0.6 is 0 Å². The summed E-state index contributed by atoms with van der Waals surface area (Å²) in [4.78, 5) is 23.2. The summed E-state index contributed by atoms with van der Waals surface area (Å²) in [6.07, 6.45) is 2.42. The molecular formula is C19H24N4O3. The molecule has 0 fully saturated rings. The van der Waals surface area contributed by atoms with Crippen LogP contribution in [0.25, 0.3) is 0 Å². The molecule has 1 heterocycles. The van der Waals surface area contributed by atoms with Gasteiger partial charge in [0.15, 0.2) is 5.69 Å². The zero-order valence-electron chi connectivity index (χ0n) is 15.1. The van der Waals surface area contributed by atoms with Crippen molar-refractivity contribution in [3.05, 3.63) is 52.3 Å². The number of carbonyl (C=O) groups excluding carboxylic acids is 1. The number of carbonyl (C=O) groups is 2. The minimum atomic E-state index is -0.965. The molecule has 2 aromatic rings. The van der Waals surface area contributed by atoms with E-state index in [1.54, 1.807) is 13.1 Å². The number of aromatic nitrogens is 2. The lowest BCUT2D eigenvalue weighted by molar-refractivity contribution is 0.0688. The lowest BCUT2D eigenvalue weighted by Crippen LogP contribution is -2.34. The van der Waals surface area contributed by atoms with Gasteiger partial charge in [-0.25, -0.2) is 4.79 Å². The molecule has 0 saturated carbocycles. The number of benzene rings is 1. The van der Waals surface area contributed by atoms with E-state index in [4.69, 9.17) is 0 Å². The molecular weight excluding hydrogens is 332 g/mol. The first-order chi connectivity index (χ1) is 12.5. The first kappa shape index (κ1) is 18.1. The first-order valence-corrected chi connectivity index (χ1v) is 8.89. The van der Waals surface area contributed by atoms with Gasteiger partial charge in [-0.05, 0) is 43.9 Å². The van der Waals surface area contributed by atoms with E-state index in [-0.39, 0.29) is 17.6 Å². The molecule has 3 N–H and O–H groups in total. The van der Waals surface area contributed by atoms with Gasteiger partial charge in [-0.1, -0.05) is 12.1 Å². The third-order valence-electron chi connectivity index (χ3n) is 4.86. The summed E-state index contributed by atoms with van der Waals surface area (Å²) < 4.78 is 1.81. The highest BCUT2D eigenvalue weighted by Gasteiger charge is 2.28. The molecule has 0 saturated heterocycles. The Morgan fingerprint density at radius 2 is 2.19 bits per heavy atom. The van der Waals surface area contributed by atoms with E-state index in [1.165, 1.54) is 0 Å². The Hall–Kier alpha value is -2.67. The number of fused-ring (bicyclic) bond motifs is 1.